The molecule has 0 N–H and O–H groups in total. The summed E-state index contributed by atoms with van der Waals surface area (Å²) < 4.78 is 25.7. The Hall–Kier alpha value is -2.23. The van der Waals surface area contributed by atoms with Crippen molar-refractivity contribution in [3.8, 4) is 11.3 Å². The van der Waals surface area contributed by atoms with Gasteiger partial charge in [-0.05, 0) is 6.42 Å². The number of imidazole rings is 1. The van der Waals surface area contributed by atoms with Crippen LogP contribution in [0.4, 0.5) is 0 Å². The Balaban J connectivity index is 1.58. The van der Waals surface area contributed by atoms with E-state index in [4.69, 9.17) is 0 Å². The first-order chi connectivity index (χ1) is 13.3. The Bertz CT molecular complexity index is 1100. The summed E-state index contributed by atoms with van der Waals surface area (Å²) in [7, 11) is 0.484. The molecule has 1 aliphatic heterocycles. The standard InChI is InChI=1S/C19H22N4O3S2/c1-21(2)23(15-8-9-28(25,26)13-15)18(24)10-16-12-27-19-20-17(11-22(16)19)14-6-4-3-5-7-14/h3-7,11-12,15H,8-10,13H2,1-2H3. The molecule has 2 aromatic heterocycles. The summed E-state index contributed by atoms with van der Waals surface area (Å²) in [5.41, 5.74) is 2.75. The van der Waals surface area contributed by atoms with Gasteiger partial charge in [0.25, 0.3) is 0 Å². The van der Waals surface area contributed by atoms with Crippen LogP contribution in [0.2, 0.25) is 0 Å². The van der Waals surface area contributed by atoms with Crippen molar-refractivity contribution < 1.29 is 13.2 Å². The number of rotatable bonds is 5. The quantitative estimate of drug-likeness (QED) is 0.593. The maximum atomic E-state index is 13.0. The van der Waals surface area contributed by atoms with Crippen LogP contribution in [0, 0.1) is 0 Å². The normalized spacial score (nSPS) is 18.8. The van der Waals surface area contributed by atoms with Gasteiger partial charge >= 0.3 is 0 Å². The van der Waals surface area contributed by atoms with Crippen LogP contribution in [0.15, 0.2) is 41.9 Å². The highest BCUT2D eigenvalue weighted by atomic mass is 32.2. The van der Waals surface area contributed by atoms with E-state index in [-0.39, 0.29) is 29.9 Å². The summed E-state index contributed by atoms with van der Waals surface area (Å²) in [6, 6.07) is 9.61. The molecule has 3 heterocycles. The fraction of sp³-hybridized carbons (Fsp3) is 0.368. The molecule has 0 bridgehead atoms. The predicted octanol–water partition coefficient (Wildman–Crippen LogP) is 2.10. The molecule has 3 aromatic rings. The molecule has 1 saturated heterocycles. The van der Waals surface area contributed by atoms with Gasteiger partial charge in [0.15, 0.2) is 14.8 Å². The van der Waals surface area contributed by atoms with Crippen LogP contribution in [-0.4, -0.2) is 65.4 Å². The Morgan fingerprint density at radius 3 is 2.68 bits per heavy atom. The number of fused-ring (bicyclic) bond motifs is 1. The number of hydrogen-bond donors (Lipinski definition) is 0. The van der Waals surface area contributed by atoms with Gasteiger partial charge < -0.3 is 0 Å². The third kappa shape index (κ3) is 3.69. The van der Waals surface area contributed by atoms with Gasteiger partial charge in [-0.15, -0.1) is 11.3 Å². The largest absolute Gasteiger partial charge is 0.294 e. The summed E-state index contributed by atoms with van der Waals surface area (Å²) in [4.78, 5) is 18.5. The van der Waals surface area contributed by atoms with E-state index in [2.05, 4.69) is 4.98 Å². The molecule has 1 aliphatic rings. The molecule has 7 nitrogen and oxygen atoms in total. The molecule has 0 radical (unpaired) electrons. The van der Waals surface area contributed by atoms with Crippen molar-refractivity contribution in [3.63, 3.8) is 0 Å². The SMILES string of the molecule is CN(C)N(C(=O)Cc1csc2nc(-c3ccccc3)cn12)C1CCS(=O)(=O)C1. The average Bonchev–Trinajstić information content (AvgIpc) is 3.31. The molecule has 1 fully saturated rings. The smallest absolute Gasteiger partial charge is 0.243 e. The van der Waals surface area contributed by atoms with Crippen molar-refractivity contribution in [1.29, 1.82) is 0 Å². The highest BCUT2D eigenvalue weighted by molar-refractivity contribution is 7.91. The maximum absolute atomic E-state index is 13.0. The number of carbonyl (C=O) groups is 1. The number of carbonyl (C=O) groups excluding carboxylic acids is 1. The molecule has 0 spiro atoms. The number of amides is 1. The number of sulfone groups is 1. The van der Waals surface area contributed by atoms with Crippen molar-refractivity contribution in [2.75, 3.05) is 25.6 Å². The molecule has 0 aliphatic carbocycles. The second kappa shape index (κ2) is 7.31. The molecular formula is C19H22N4O3S2. The van der Waals surface area contributed by atoms with Crippen molar-refractivity contribution >= 4 is 32.0 Å². The Morgan fingerprint density at radius 1 is 1.29 bits per heavy atom. The monoisotopic (exact) mass is 418 g/mol. The van der Waals surface area contributed by atoms with Crippen LogP contribution in [-0.2, 0) is 21.1 Å². The second-order valence-electron chi connectivity index (χ2n) is 7.19. The number of benzene rings is 1. The van der Waals surface area contributed by atoms with Gasteiger partial charge in [0, 0.05) is 36.9 Å². The summed E-state index contributed by atoms with van der Waals surface area (Å²) >= 11 is 1.50. The molecule has 0 saturated carbocycles. The average molecular weight is 419 g/mol. The number of nitrogens with zero attached hydrogens (tertiary/aromatic N) is 4. The van der Waals surface area contributed by atoms with Gasteiger partial charge in [-0.25, -0.2) is 18.4 Å². The van der Waals surface area contributed by atoms with Gasteiger partial charge in [0.1, 0.15) is 0 Å². The van der Waals surface area contributed by atoms with Crippen LogP contribution in [0.3, 0.4) is 0 Å². The van der Waals surface area contributed by atoms with Gasteiger partial charge in [-0.1, -0.05) is 30.3 Å². The molecule has 1 amide bonds. The first-order valence-corrected chi connectivity index (χ1v) is 11.7. The van der Waals surface area contributed by atoms with Gasteiger partial charge in [0.2, 0.25) is 5.91 Å². The lowest BCUT2D eigenvalue weighted by Crippen LogP contribution is -2.50. The Kier molecular flexibility index (Phi) is 4.98. The third-order valence-electron chi connectivity index (χ3n) is 4.93. The molecule has 1 aromatic carbocycles. The van der Waals surface area contributed by atoms with Gasteiger partial charge in [-0.2, -0.15) is 0 Å². The van der Waals surface area contributed by atoms with Gasteiger partial charge in [-0.3, -0.25) is 14.2 Å². The number of hydrazine groups is 1. The molecule has 1 unspecified atom stereocenters. The summed E-state index contributed by atoms with van der Waals surface area (Å²) in [5, 5.41) is 5.22. The van der Waals surface area contributed by atoms with E-state index in [9.17, 15) is 13.2 Å². The molecule has 4 rings (SSSR count). The zero-order chi connectivity index (χ0) is 19.9. The van der Waals surface area contributed by atoms with E-state index < -0.39 is 9.84 Å². The third-order valence-corrected chi connectivity index (χ3v) is 7.57. The zero-order valence-electron chi connectivity index (χ0n) is 15.8. The number of aromatic nitrogens is 2. The van der Waals surface area contributed by atoms with E-state index in [1.54, 1.807) is 24.1 Å². The van der Waals surface area contributed by atoms with Crippen LogP contribution in [0.5, 0.6) is 0 Å². The van der Waals surface area contributed by atoms with Crippen LogP contribution < -0.4 is 0 Å². The van der Waals surface area contributed by atoms with E-state index in [0.717, 1.165) is 21.9 Å². The van der Waals surface area contributed by atoms with Crippen molar-refractivity contribution in [3.05, 3.63) is 47.6 Å². The molecule has 148 valence electrons. The fourth-order valence-corrected chi connectivity index (χ4v) is 6.23. The highest BCUT2D eigenvalue weighted by Gasteiger charge is 2.36. The molecule has 1 atom stereocenters. The first-order valence-electron chi connectivity index (χ1n) is 9.05. The minimum Gasteiger partial charge on any atom is -0.294 e. The minimum absolute atomic E-state index is 0.0270. The lowest BCUT2D eigenvalue weighted by atomic mass is 10.2. The summed E-state index contributed by atoms with van der Waals surface area (Å²) in [6.45, 7) is 0. The lowest BCUT2D eigenvalue weighted by molar-refractivity contribution is -0.148. The van der Waals surface area contributed by atoms with Crippen LogP contribution in [0.25, 0.3) is 16.2 Å². The fourth-order valence-electron chi connectivity index (χ4n) is 3.66. The minimum atomic E-state index is -3.07. The highest BCUT2D eigenvalue weighted by Crippen LogP contribution is 2.25. The topological polar surface area (TPSA) is 75.0 Å². The van der Waals surface area contributed by atoms with Crippen molar-refractivity contribution in [1.82, 2.24) is 19.4 Å². The molecular weight excluding hydrogens is 396 g/mol. The predicted molar refractivity (Wildman–Crippen MR) is 110 cm³/mol. The van der Waals surface area contributed by atoms with Gasteiger partial charge in [0.05, 0.1) is 29.7 Å². The summed E-state index contributed by atoms with van der Waals surface area (Å²) in [6.07, 6.45) is 2.62. The van der Waals surface area contributed by atoms with E-state index >= 15 is 0 Å². The number of thiazole rings is 1. The zero-order valence-corrected chi connectivity index (χ0v) is 17.4. The lowest BCUT2D eigenvalue weighted by Gasteiger charge is -2.33. The first kappa shape index (κ1) is 19.1. The van der Waals surface area contributed by atoms with E-state index in [1.165, 1.54) is 11.3 Å². The number of hydrogen-bond acceptors (Lipinski definition) is 6. The van der Waals surface area contributed by atoms with E-state index in [0.29, 0.717) is 6.42 Å². The maximum Gasteiger partial charge on any atom is 0.243 e. The van der Waals surface area contributed by atoms with Crippen LogP contribution in [0.1, 0.15) is 12.1 Å². The Labute approximate surface area is 168 Å². The van der Waals surface area contributed by atoms with Crippen molar-refractivity contribution in [2.45, 2.75) is 18.9 Å². The van der Waals surface area contributed by atoms with Crippen LogP contribution >= 0.6 is 11.3 Å². The molecule has 9 heteroatoms. The van der Waals surface area contributed by atoms with Crippen molar-refractivity contribution in [2.24, 2.45) is 0 Å². The Morgan fingerprint density at radius 2 is 2.04 bits per heavy atom. The second-order valence-corrected chi connectivity index (χ2v) is 10.3. The summed E-state index contributed by atoms with van der Waals surface area (Å²) in [5.74, 6) is 0.0563. The molecule has 28 heavy (non-hydrogen) atoms. The van der Waals surface area contributed by atoms with E-state index in [1.807, 2.05) is 46.3 Å².